The van der Waals surface area contributed by atoms with Crippen LogP contribution in [0.1, 0.15) is 27.9 Å². The second-order valence-corrected chi connectivity index (χ2v) is 12.7. The van der Waals surface area contributed by atoms with Gasteiger partial charge in [-0.15, -0.1) is 12.4 Å². The summed E-state index contributed by atoms with van der Waals surface area (Å²) in [6.45, 7) is 3.50. The third kappa shape index (κ3) is 5.67. The summed E-state index contributed by atoms with van der Waals surface area (Å²) in [7, 11) is 1.75. The fraction of sp³-hybridized carbons (Fsp3) is 0.310. The second-order valence-electron chi connectivity index (χ2n) is 9.85. The number of anilines is 2. The Balaban J connectivity index is 0.00000370. The smallest absolute Gasteiger partial charge is 0.264 e. The van der Waals surface area contributed by atoms with Gasteiger partial charge in [-0.2, -0.15) is 0 Å². The molecule has 212 valence electrons. The maximum absolute atomic E-state index is 13.8. The van der Waals surface area contributed by atoms with Crippen LogP contribution in [0.25, 0.3) is 10.2 Å². The Morgan fingerprint density at radius 2 is 1.77 bits per heavy atom. The molecule has 11 heteroatoms. The van der Waals surface area contributed by atoms with Gasteiger partial charge >= 0.3 is 0 Å². The lowest BCUT2D eigenvalue weighted by Gasteiger charge is -2.30. The zero-order valence-electron chi connectivity index (χ0n) is 23.0. The molecule has 0 N–H and O–H groups in total. The van der Waals surface area contributed by atoms with Crippen molar-refractivity contribution in [3.05, 3.63) is 77.4 Å². The number of nitrogens with zero attached hydrogens (tertiary/aromatic N) is 4. The number of halogens is 1. The summed E-state index contributed by atoms with van der Waals surface area (Å²) in [6, 6.07) is 17.7. The van der Waals surface area contributed by atoms with Gasteiger partial charge in [-0.25, -0.2) is 13.4 Å². The molecule has 8 nitrogen and oxygen atoms in total. The number of sulfonamides is 1. The van der Waals surface area contributed by atoms with Crippen LogP contribution in [-0.4, -0.2) is 65.0 Å². The first-order valence-electron chi connectivity index (χ1n) is 12.8. The number of carbonyl (C=O) groups is 1. The molecule has 0 saturated carbocycles. The largest absolute Gasteiger partial charge is 0.494 e. The monoisotopic (exact) mass is 600 g/mol. The average molecular weight is 601 g/mol. The predicted octanol–water partition coefficient (Wildman–Crippen LogP) is 5.39. The highest BCUT2D eigenvalue weighted by molar-refractivity contribution is 7.92. The molecule has 1 amide bonds. The molecule has 5 rings (SSSR count). The van der Waals surface area contributed by atoms with Crippen LogP contribution in [0.4, 0.5) is 10.8 Å². The number of thiazole rings is 1. The van der Waals surface area contributed by atoms with Crippen LogP contribution in [0.2, 0.25) is 0 Å². The molecule has 40 heavy (non-hydrogen) atoms. The number of para-hydroxylation sites is 1. The maximum atomic E-state index is 13.8. The van der Waals surface area contributed by atoms with Gasteiger partial charge in [-0.05, 0) is 81.4 Å². The topological polar surface area (TPSA) is 83.0 Å². The molecule has 0 bridgehead atoms. The molecule has 0 aliphatic carbocycles. The van der Waals surface area contributed by atoms with Crippen molar-refractivity contribution >= 4 is 60.7 Å². The lowest BCUT2D eigenvalue weighted by molar-refractivity contribution is 0.0985. The summed E-state index contributed by atoms with van der Waals surface area (Å²) >= 11 is 1.45. The van der Waals surface area contributed by atoms with Gasteiger partial charge in [-0.1, -0.05) is 35.6 Å². The van der Waals surface area contributed by atoms with E-state index in [1.807, 2.05) is 62.3 Å². The van der Waals surface area contributed by atoms with Crippen LogP contribution >= 0.6 is 23.7 Å². The van der Waals surface area contributed by atoms with E-state index in [0.29, 0.717) is 36.1 Å². The van der Waals surface area contributed by atoms with Gasteiger partial charge < -0.3 is 9.64 Å². The van der Waals surface area contributed by atoms with E-state index in [1.165, 1.54) is 27.8 Å². The normalized spacial score (nSPS) is 13.2. The van der Waals surface area contributed by atoms with Crippen molar-refractivity contribution in [1.29, 1.82) is 0 Å². The van der Waals surface area contributed by atoms with Gasteiger partial charge in [0.25, 0.3) is 15.9 Å². The van der Waals surface area contributed by atoms with Crippen molar-refractivity contribution in [1.82, 2.24) is 9.88 Å². The van der Waals surface area contributed by atoms with Crippen LogP contribution in [-0.2, 0) is 16.4 Å². The molecule has 4 aromatic rings. The summed E-state index contributed by atoms with van der Waals surface area (Å²) in [5, 5.41) is 0.575. The number of aryl methyl sites for hydroxylation is 2. The number of carbonyl (C=O) groups excluding carboxylic acids is 1. The van der Waals surface area contributed by atoms with Gasteiger partial charge in [0.1, 0.15) is 11.3 Å². The van der Waals surface area contributed by atoms with Gasteiger partial charge in [0, 0.05) is 25.2 Å². The first-order chi connectivity index (χ1) is 18.7. The number of methoxy groups -OCH3 is 1. The maximum Gasteiger partial charge on any atom is 0.264 e. The first kappa shape index (κ1) is 29.8. The zero-order valence-corrected chi connectivity index (χ0v) is 25.4. The molecule has 0 saturated heterocycles. The van der Waals surface area contributed by atoms with Gasteiger partial charge in [0.15, 0.2) is 5.13 Å². The van der Waals surface area contributed by atoms with Crippen LogP contribution < -0.4 is 13.9 Å². The lowest BCUT2D eigenvalue weighted by atomic mass is 10.0. The average Bonchev–Trinajstić information content (AvgIpc) is 3.39. The molecule has 0 unspecified atom stereocenters. The minimum Gasteiger partial charge on any atom is -0.494 e. The summed E-state index contributed by atoms with van der Waals surface area (Å²) < 4.78 is 35.1. The molecule has 0 radical (unpaired) electrons. The Bertz CT molecular complexity index is 1620. The van der Waals surface area contributed by atoms with Crippen LogP contribution in [0, 0.1) is 6.92 Å². The van der Waals surface area contributed by atoms with E-state index in [-0.39, 0.29) is 23.2 Å². The highest BCUT2D eigenvalue weighted by Crippen LogP contribution is 2.37. The third-order valence-electron chi connectivity index (χ3n) is 6.92. The third-order valence-corrected chi connectivity index (χ3v) is 9.96. The number of aromatic nitrogens is 1. The van der Waals surface area contributed by atoms with E-state index in [4.69, 9.17) is 9.72 Å². The Hall–Kier alpha value is -3.18. The van der Waals surface area contributed by atoms with Crippen LogP contribution in [0.5, 0.6) is 5.75 Å². The summed E-state index contributed by atoms with van der Waals surface area (Å²) in [4.78, 5) is 22.4. The van der Waals surface area contributed by atoms with E-state index in [2.05, 4.69) is 0 Å². The van der Waals surface area contributed by atoms with E-state index in [9.17, 15) is 13.2 Å². The number of rotatable bonds is 8. The summed E-state index contributed by atoms with van der Waals surface area (Å²) in [5.74, 6) is 0.423. The van der Waals surface area contributed by atoms with Gasteiger partial charge in [0.2, 0.25) is 0 Å². The fourth-order valence-corrected chi connectivity index (χ4v) is 7.38. The van der Waals surface area contributed by atoms with Crippen molar-refractivity contribution in [2.75, 3.05) is 50.0 Å². The first-order valence-corrected chi connectivity index (χ1v) is 15.1. The molecule has 1 aliphatic heterocycles. The molecule has 3 aromatic carbocycles. The van der Waals surface area contributed by atoms with Crippen molar-refractivity contribution in [3.8, 4) is 5.75 Å². The van der Waals surface area contributed by atoms with Gasteiger partial charge in [-0.3, -0.25) is 14.0 Å². The van der Waals surface area contributed by atoms with E-state index in [1.54, 1.807) is 24.1 Å². The summed E-state index contributed by atoms with van der Waals surface area (Å²) in [6.07, 6.45) is 1.62. The van der Waals surface area contributed by atoms with Crippen LogP contribution in [0.15, 0.2) is 65.6 Å². The molecular weight excluding hydrogens is 568 g/mol. The molecule has 0 atom stereocenters. The minimum atomic E-state index is -3.76. The highest BCUT2D eigenvalue weighted by Gasteiger charge is 2.29. The number of amides is 1. The molecule has 2 heterocycles. The minimum absolute atomic E-state index is 0. The number of hydrogen-bond donors (Lipinski definition) is 0. The Morgan fingerprint density at radius 1 is 1.05 bits per heavy atom. The quantitative estimate of drug-likeness (QED) is 0.270. The standard InChI is InChI=1S/C29H32N4O4S2.ClH/c1-20-11-16-25(37-4)26-27(20)38-29(30-26)32(19-18-31(2)3)28(34)22-12-14-23(15-13-22)39(35,36)33-17-7-9-21-8-5-6-10-24(21)33;/h5-6,8,10-16H,7,9,17-19H2,1-4H3;1H. The number of benzene rings is 3. The van der Waals surface area contributed by atoms with Crippen molar-refractivity contribution < 1.29 is 17.9 Å². The number of hydrogen-bond acceptors (Lipinski definition) is 7. The molecule has 0 spiro atoms. The van der Waals surface area contributed by atoms with Crippen LogP contribution in [0.3, 0.4) is 0 Å². The number of ether oxygens (including phenoxy) is 1. The summed E-state index contributed by atoms with van der Waals surface area (Å²) in [5.41, 5.74) is 3.93. The Kier molecular flexibility index (Phi) is 9.04. The molecule has 1 aliphatic rings. The Morgan fingerprint density at radius 3 is 2.48 bits per heavy atom. The number of likely N-dealkylation sites (N-methyl/N-ethyl adjacent to an activating group) is 1. The molecule has 0 fully saturated rings. The number of fused-ring (bicyclic) bond motifs is 2. The fourth-order valence-electron chi connectivity index (χ4n) is 4.76. The SMILES string of the molecule is COc1ccc(C)c2sc(N(CCN(C)C)C(=O)c3ccc(S(=O)(=O)N4CCCc5ccccc54)cc3)nc12.Cl. The zero-order chi connectivity index (χ0) is 27.7. The van der Waals surface area contributed by atoms with Crippen molar-refractivity contribution in [2.24, 2.45) is 0 Å². The van der Waals surface area contributed by atoms with E-state index < -0.39 is 10.0 Å². The second kappa shape index (κ2) is 12.1. The highest BCUT2D eigenvalue weighted by atomic mass is 35.5. The predicted molar refractivity (Wildman–Crippen MR) is 164 cm³/mol. The Labute approximate surface area is 245 Å². The van der Waals surface area contributed by atoms with E-state index in [0.717, 1.165) is 39.9 Å². The van der Waals surface area contributed by atoms with E-state index >= 15 is 0 Å². The molecule has 1 aromatic heterocycles. The van der Waals surface area contributed by atoms with Gasteiger partial charge in [0.05, 0.1) is 22.4 Å². The molecular formula is C29H33ClN4O4S2. The van der Waals surface area contributed by atoms with Crippen molar-refractivity contribution in [3.63, 3.8) is 0 Å². The lowest BCUT2D eigenvalue weighted by Crippen LogP contribution is -2.37. The van der Waals surface area contributed by atoms with Crippen molar-refractivity contribution in [2.45, 2.75) is 24.7 Å².